The van der Waals surface area contributed by atoms with Crippen LogP contribution in [0.2, 0.25) is 0 Å². The van der Waals surface area contributed by atoms with E-state index < -0.39 is 5.82 Å². The normalized spacial score (nSPS) is 24.4. The molecule has 2 rings (SSSR count). The summed E-state index contributed by atoms with van der Waals surface area (Å²) in [6.45, 7) is 4.62. The lowest BCUT2D eigenvalue weighted by molar-refractivity contribution is 0.0885. The highest BCUT2D eigenvalue weighted by Gasteiger charge is 2.31. The lowest BCUT2D eigenvalue weighted by Crippen LogP contribution is -2.38. The number of carbonyl (C=O) groups is 1. The van der Waals surface area contributed by atoms with Crippen LogP contribution in [0.15, 0.2) is 24.3 Å². The summed E-state index contributed by atoms with van der Waals surface area (Å²) in [4.78, 5) is 14.4. The summed E-state index contributed by atoms with van der Waals surface area (Å²) >= 11 is 0. The van der Waals surface area contributed by atoms with Crippen molar-refractivity contribution in [1.82, 2.24) is 4.90 Å². The topological polar surface area (TPSA) is 20.3 Å². The van der Waals surface area contributed by atoms with Gasteiger partial charge in [0.15, 0.2) is 5.78 Å². The number of likely N-dealkylation sites (tertiary alicyclic amines) is 1. The SMILES string of the molecule is CCC1CCC(C)N1CC(=O)c1ccccc1F. The molecule has 98 valence electrons. The number of halogens is 1. The second-order valence-electron chi connectivity index (χ2n) is 5.06. The summed E-state index contributed by atoms with van der Waals surface area (Å²) in [5.41, 5.74) is 0.214. The molecule has 1 aliphatic rings. The molecule has 1 aliphatic heterocycles. The average Bonchev–Trinajstić information content (AvgIpc) is 2.71. The molecule has 1 aromatic rings. The van der Waals surface area contributed by atoms with E-state index in [-0.39, 0.29) is 11.3 Å². The van der Waals surface area contributed by atoms with Crippen molar-refractivity contribution in [3.63, 3.8) is 0 Å². The molecule has 0 spiro atoms. The Morgan fingerprint density at radius 1 is 1.39 bits per heavy atom. The maximum atomic E-state index is 13.6. The van der Waals surface area contributed by atoms with Crippen LogP contribution in [0.5, 0.6) is 0 Å². The molecule has 18 heavy (non-hydrogen) atoms. The molecule has 1 heterocycles. The maximum Gasteiger partial charge on any atom is 0.179 e. The van der Waals surface area contributed by atoms with E-state index in [1.54, 1.807) is 18.2 Å². The van der Waals surface area contributed by atoms with Crippen LogP contribution >= 0.6 is 0 Å². The monoisotopic (exact) mass is 249 g/mol. The first-order valence-electron chi connectivity index (χ1n) is 6.67. The third-order valence-corrected chi connectivity index (χ3v) is 3.92. The first-order valence-corrected chi connectivity index (χ1v) is 6.67. The van der Waals surface area contributed by atoms with Crippen molar-refractivity contribution in [1.29, 1.82) is 0 Å². The van der Waals surface area contributed by atoms with Gasteiger partial charge in [0.2, 0.25) is 0 Å². The molecular weight excluding hydrogens is 229 g/mol. The molecule has 0 amide bonds. The van der Waals surface area contributed by atoms with Crippen molar-refractivity contribution in [3.05, 3.63) is 35.6 Å². The molecule has 1 aromatic carbocycles. The smallest absolute Gasteiger partial charge is 0.179 e. The van der Waals surface area contributed by atoms with E-state index in [2.05, 4.69) is 18.7 Å². The van der Waals surface area contributed by atoms with E-state index in [4.69, 9.17) is 0 Å². The molecule has 1 fully saturated rings. The van der Waals surface area contributed by atoms with Gasteiger partial charge in [0, 0.05) is 12.1 Å². The summed E-state index contributed by atoms with van der Waals surface area (Å²) in [5.74, 6) is -0.525. The minimum absolute atomic E-state index is 0.111. The molecule has 2 unspecified atom stereocenters. The van der Waals surface area contributed by atoms with Gasteiger partial charge in [-0.05, 0) is 38.3 Å². The number of ketones is 1. The minimum atomic E-state index is -0.414. The Kier molecular flexibility index (Phi) is 4.12. The Morgan fingerprint density at radius 3 is 2.78 bits per heavy atom. The molecule has 2 atom stereocenters. The van der Waals surface area contributed by atoms with Gasteiger partial charge in [-0.25, -0.2) is 4.39 Å². The highest BCUT2D eigenvalue weighted by Crippen LogP contribution is 2.26. The Hall–Kier alpha value is -1.22. The van der Waals surface area contributed by atoms with E-state index in [0.717, 1.165) is 19.3 Å². The molecule has 3 heteroatoms. The van der Waals surface area contributed by atoms with Crippen LogP contribution < -0.4 is 0 Å². The molecule has 0 bridgehead atoms. The van der Waals surface area contributed by atoms with Gasteiger partial charge in [0.1, 0.15) is 5.82 Å². The van der Waals surface area contributed by atoms with Crippen molar-refractivity contribution in [3.8, 4) is 0 Å². The Balaban J connectivity index is 2.09. The Bertz CT molecular complexity index is 432. The average molecular weight is 249 g/mol. The van der Waals surface area contributed by atoms with Crippen molar-refractivity contribution < 1.29 is 9.18 Å². The van der Waals surface area contributed by atoms with E-state index in [0.29, 0.717) is 18.6 Å². The molecular formula is C15H20FNO. The lowest BCUT2D eigenvalue weighted by Gasteiger charge is -2.26. The summed E-state index contributed by atoms with van der Waals surface area (Å²) in [6.07, 6.45) is 3.32. The number of carbonyl (C=O) groups excluding carboxylic acids is 1. The lowest BCUT2D eigenvalue weighted by atomic mass is 10.1. The van der Waals surface area contributed by atoms with Crippen molar-refractivity contribution in [2.24, 2.45) is 0 Å². The molecule has 0 aromatic heterocycles. The van der Waals surface area contributed by atoms with E-state index in [9.17, 15) is 9.18 Å². The second kappa shape index (κ2) is 5.61. The maximum absolute atomic E-state index is 13.6. The Morgan fingerprint density at radius 2 is 2.11 bits per heavy atom. The van der Waals surface area contributed by atoms with Gasteiger partial charge >= 0.3 is 0 Å². The van der Waals surface area contributed by atoms with Gasteiger partial charge < -0.3 is 0 Å². The fourth-order valence-electron chi connectivity index (χ4n) is 2.79. The van der Waals surface area contributed by atoms with E-state index in [1.807, 2.05) is 0 Å². The Labute approximate surface area is 108 Å². The second-order valence-corrected chi connectivity index (χ2v) is 5.06. The van der Waals surface area contributed by atoms with Crippen LogP contribution in [0.25, 0.3) is 0 Å². The van der Waals surface area contributed by atoms with Gasteiger partial charge in [-0.15, -0.1) is 0 Å². The summed E-state index contributed by atoms with van der Waals surface area (Å²) in [5, 5.41) is 0. The first kappa shape index (κ1) is 13.2. The molecule has 0 aliphatic carbocycles. The van der Waals surface area contributed by atoms with Crippen LogP contribution in [-0.4, -0.2) is 29.3 Å². The van der Waals surface area contributed by atoms with Gasteiger partial charge in [-0.1, -0.05) is 19.1 Å². The minimum Gasteiger partial charge on any atom is -0.293 e. The summed E-state index contributed by atoms with van der Waals surface area (Å²) in [6, 6.07) is 7.12. The van der Waals surface area contributed by atoms with Crippen molar-refractivity contribution >= 4 is 5.78 Å². The van der Waals surface area contributed by atoms with Crippen LogP contribution in [0.1, 0.15) is 43.5 Å². The van der Waals surface area contributed by atoms with Crippen LogP contribution in [0.4, 0.5) is 4.39 Å². The number of hydrogen-bond donors (Lipinski definition) is 0. The van der Waals surface area contributed by atoms with E-state index in [1.165, 1.54) is 6.07 Å². The van der Waals surface area contributed by atoms with E-state index >= 15 is 0 Å². The van der Waals surface area contributed by atoms with Crippen molar-refractivity contribution in [2.75, 3.05) is 6.54 Å². The number of Topliss-reactive ketones (excluding diaryl/α,β-unsaturated/α-hetero) is 1. The molecule has 2 nitrogen and oxygen atoms in total. The standard InChI is InChI=1S/C15H20FNO/c1-3-12-9-8-11(2)17(12)10-15(18)13-6-4-5-7-14(13)16/h4-7,11-12H,3,8-10H2,1-2H3. The van der Waals surface area contributed by atoms with Gasteiger partial charge in [-0.3, -0.25) is 9.69 Å². The van der Waals surface area contributed by atoms with Gasteiger partial charge in [0.05, 0.1) is 12.1 Å². The zero-order valence-corrected chi connectivity index (χ0v) is 11.0. The predicted octanol–water partition coefficient (Wildman–Crippen LogP) is 3.27. The third-order valence-electron chi connectivity index (χ3n) is 3.92. The largest absolute Gasteiger partial charge is 0.293 e. The number of benzene rings is 1. The molecule has 0 radical (unpaired) electrons. The molecule has 0 saturated carbocycles. The number of hydrogen-bond acceptors (Lipinski definition) is 2. The number of rotatable bonds is 4. The summed E-state index contributed by atoms with van der Waals surface area (Å²) in [7, 11) is 0. The van der Waals surface area contributed by atoms with Gasteiger partial charge in [-0.2, -0.15) is 0 Å². The quantitative estimate of drug-likeness (QED) is 0.763. The molecule has 0 N–H and O–H groups in total. The zero-order valence-electron chi connectivity index (χ0n) is 11.0. The van der Waals surface area contributed by atoms with Crippen molar-refractivity contribution in [2.45, 2.75) is 45.2 Å². The summed E-state index contributed by atoms with van der Waals surface area (Å²) < 4.78 is 13.6. The molecule has 1 saturated heterocycles. The third kappa shape index (κ3) is 2.61. The van der Waals surface area contributed by atoms with Gasteiger partial charge in [0.25, 0.3) is 0 Å². The van der Waals surface area contributed by atoms with Crippen LogP contribution in [-0.2, 0) is 0 Å². The predicted molar refractivity (Wildman–Crippen MR) is 70.2 cm³/mol. The van der Waals surface area contributed by atoms with Crippen LogP contribution in [0.3, 0.4) is 0 Å². The zero-order chi connectivity index (χ0) is 13.1. The highest BCUT2D eigenvalue weighted by atomic mass is 19.1. The fraction of sp³-hybridized carbons (Fsp3) is 0.533. The highest BCUT2D eigenvalue weighted by molar-refractivity contribution is 5.97. The first-order chi connectivity index (χ1) is 8.63. The van der Waals surface area contributed by atoms with Crippen LogP contribution in [0, 0.1) is 5.82 Å². The number of nitrogens with zero attached hydrogens (tertiary/aromatic N) is 1. The fourth-order valence-corrected chi connectivity index (χ4v) is 2.79.